The van der Waals surface area contributed by atoms with E-state index < -0.39 is 17.6 Å². The van der Waals surface area contributed by atoms with E-state index in [4.69, 9.17) is 0 Å². The summed E-state index contributed by atoms with van der Waals surface area (Å²) in [6.07, 6.45) is 0.456. The van der Waals surface area contributed by atoms with Gasteiger partial charge in [-0.1, -0.05) is 18.9 Å². The Morgan fingerprint density at radius 1 is 1.13 bits per heavy atom. The smallest absolute Gasteiger partial charge is 0.309 e. The molecule has 1 aliphatic heterocycles. The van der Waals surface area contributed by atoms with E-state index in [1.165, 1.54) is 31.7 Å². The van der Waals surface area contributed by atoms with Crippen LogP contribution in [0.2, 0.25) is 0 Å². The van der Waals surface area contributed by atoms with Gasteiger partial charge in [0.05, 0.1) is 5.56 Å². The van der Waals surface area contributed by atoms with Gasteiger partial charge in [0, 0.05) is 24.7 Å². The fraction of sp³-hybridized carbons (Fsp3) is 0.647. The quantitative estimate of drug-likeness (QED) is 0.813. The van der Waals surface area contributed by atoms with E-state index in [-0.39, 0.29) is 18.2 Å². The van der Waals surface area contributed by atoms with Crippen LogP contribution in [-0.2, 0) is 12.7 Å². The second kappa shape index (κ2) is 8.11. The lowest BCUT2D eigenvalue weighted by Crippen LogP contribution is -2.39. The number of rotatable bonds is 5. The Bertz CT molecular complexity index is 494. The Morgan fingerprint density at radius 3 is 2.35 bits per heavy atom. The van der Waals surface area contributed by atoms with Gasteiger partial charge in [-0.2, -0.15) is 13.2 Å². The van der Waals surface area contributed by atoms with Crippen molar-refractivity contribution in [1.29, 1.82) is 0 Å². The van der Waals surface area contributed by atoms with Gasteiger partial charge in [-0.15, -0.1) is 0 Å². The van der Waals surface area contributed by atoms with E-state index in [2.05, 4.69) is 10.2 Å². The molecule has 0 radical (unpaired) electrons. The molecule has 1 aliphatic rings. The van der Waals surface area contributed by atoms with Crippen molar-refractivity contribution in [2.45, 2.75) is 51.4 Å². The van der Waals surface area contributed by atoms with Crippen LogP contribution in [0.5, 0.6) is 0 Å². The minimum Gasteiger partial charge on any atom is -0.309 e. The van der Waals surface area contributed by atoms with Crippen LogP contribution in [0.4, 0.5) is 17.6 Å². The average molecular weight is 332 g/mol. The average Bonchev–Trinajstić information content (AvgIpc) is 2.73. The van der Waals surface area contributed by atoms with Gasteiger partial charge >= 0.3 is 6.18 Å². The van der Waals surface area contributed by atoms with Crippen molar-refractivity contribution in [1.82, 2.24) is 10.2 Å². The Balaban J connectivity index is 1.85. The summed E-state index contributed by atoms with van der Waals surface area (Å²) in [5.41, 5.74) is -0.683. The molecule has 0 aliphatic carbocycles. The summed E-state index contributed by atoms with van der Waals surface area (Å²) in [4.78, 5) is 2.40. The highest BCUT2D eigenvalue weighted by atomic mass is 19.4. The number of alkyl halides is 3. The highest BCUT2D eigenvalue weighted by Crippen LogP contribution is 2.30. The Kier molecular flexibility index (Phi) is 6.41. The lowest BCUT2D eigenvalue weighted by Gasteiger charge is -2.24. The molecule has 1 saturated heterocycles. The van der Waals surface area contributed by atoms with E-state index in [0.29, 0.717) is 6.07 Å². The summed E-state index contributed by atoms with van der Waals surface area (Å²) in [6, 6.07) is 2.87. The molecule has 1 N–H and O–H groups in total. The second-order valence-corrected chi connectivity index (χ2v) is 6.30. The number of hydrogen-bond acceptors (Lipinski definition) is 2. The number of nitrogens with zero attached hydrogens (tertiary/aromatic N) is 1. The van der Waals surface area contributed by atoms with E-state index >= 15 is 0 Å². The molecule has 0 amide bonds. The normalized spacial score (nSPS) is 18.7. The molecule has 2 nitrogen and oxygen atoms in total. The van der Waals surface area contributed by atoms with Crippen LogP contribution in [0.3, 0.4) is 0 Å². The molecule has 1 atom stereocenters. The van der Waals surface area contributed by atoms with Gasteiger partial charge < -0.3 is 10.2 Å². The van der Waals surface area contributed by atoms with Crippen LogP contribution in [-0.4, -0.2) is 30.6 Å². The number of nitrogens with one attached hydrogen (secondary N) is 1. The predicted octanol–water partition coefficient (Wildman–Crippen LogP) is 4.20. The van der Waals surface area contributed by atoms with E-state index in [1.807, 2.05) is 6.92 Å². The molecule has 2 rings (SSSR count). The van der Waals surface area contributed by atoms with Crippen LogP contribution in [0.15, 0.2) is 18.2 Å². The van der Waals surface area contributed by atoms with Crippen molar-refractivity contribution in [3.05, 3.63) is 35.1 Å². The fourth-order valence-electron chi connectivity index (χ4n) is 2.92. The van der Waals surface area contributed by atoms with Crippen molar-refractivity contribution in [3.63, 3.8) is 0 Å². The minimum atomic E-state index is -4.51. The number of likely N-dealkylation sites (tertiary alicyclic amines) is 1. The van der Waals surface area contributed by atoms with Gasteiger partial charge in [0.15, 0.2) is 0 Å². The minimum absolute atomic E-state index is 0.162. The Hall–Kier alpha value is -1.14. The first-order chi connectivity index (χ1) is 10.9. The zero-order valence-electron chi connectivity index (χ0n) is 13.4. The lowest BCUT2D eigenvalue weighted by atomic mass is 10.1. The summed E-state index contributed by atoms with van der Waals surface area (Å²) in [5.74, 6) is -0.811. The fourth-order valence-corrected chi connectivity index (χ4v) is 2.92. The lowest BCUT2D eigenvalue weighted by molar-refractivity contribution is -0.137. The third kappa shape index (κ3) is 5.77. The first kappa shape index (κ1) is 18.2. The number of hydrogen-bond donors (Lipinski definition) is 1. The maximum atomic E-state index is 13.8. The van der Waals surface area contributed by atoms with E-state index in [0.717, 1.165) is 25.7 Å². The van der Waals surface area contributed by atoms with Gasteiger partial charge in [0.1, 0.15) is 5.82 Å². The first-order valence-electron chi connectivity index (χ1n) is 8.17. The van der Waals surface area contributed by atoms with E-state index in [9.17, 15) is 17.6 Å². The molecule has 1 heterocycles. The number of halogens is 4. The van der Waals surface area contributed by atoms with Gasteiger partial charge in [-0.05, 0) is 45.0 Å². The monoisotopic (exact) mass is 332 g/mol. The second-order valence-electron chi connectivity index (χ2n) is 6.30. The molecule has 0 spiro atoms. The highest BCUT2D eigenvalue weighted by Gasteiger charge is 2.31. The van der Waals surface area contributed by atoms with Crippen molar-refractivity contribution in [3.8, 4) is 0 Å². The van der Waals surface area contributed by atoms with Crippen molar-refractivity contribution >= 4 is 0 Å². The predicted molar refractivity (Wildman–Crippen MR) is 82.6 cm³/mol. The van der Waals surface area contributed by atoms with Crippen LogP contribution in [0.1, 0.15) is 43.7 Å². The van der Waals surface area contributed by atoms with Gasteiger partial charge in [-0.3, -0.25) is 0 Å². The van der Waals surface area contributed by atoms with Crippen LogP contribution < -0.4 is 5.32 Å². The molecule has 1 aromatic rings. The molecule has 1 unspecified atom stereocenters. The van der Waals surface area contributed by atoms with Crippen LogP contribution in [0, 0.1) is 5.82 Å². The maximum Gasteiger partial charge on any atom is 0.416 e. The summed E-state index contributed by atoms with van der Waals surface area (Å²) >= 11 is 0. The molecule has 130 valence electrons. The molecule has 0 saturated carbocycles. The Labute approximate surface area is 134 Å². The number of benzene rings is 1. The molecule has 1 aromatic carbocycles. The van der Waals surface area contributed by atoms with Crippen molar-refractivity contribution in [2.24, 2.45) is 0 Å². The Morgan fingerprint density at radius 2 is 1.78 bits per heavy atom. The molecule has 0 aromatic heterocycles. The van der Waals surface area contributed by atoms with Gasteiger partial charge in [0.2, 0.25) is 0 Å². The van der Waals surface area contributed by atoms with E-state index in [1.54, 1.807) is 0 Å². The summed E-state index contributed by atoms with van der Waals surface area (Å²) in [6.45, 7) is 5.30. The van der Waals surface area contributed by atoms with Crippen LogP contribution in [0.25, 0.3) is 0 Å². The molecular weight excluding hydrogens is 308 g/mol. The molecule has 0 bridgehead atoms. The third-order valence-electron chi connectivity index (χ3n) is 4.25. The summed E-state index contributed by atoms with van der Waals surface area (Å²) in [7, 11) is 0. The first-order valence-corrected chi connectivity index (χ1v) is 8.17. The molecule has 23 heavy (non-hydrogen) atoms. The van der Waals surface area contributed by atoms with Crippen molar-refractivity contribution < 1.29 is 17.6 Å². The maximum absolute atomic E-state index is 13.8. The summed E-state index contributed by atoms with van der Waals surface area (Å²) in [5, 5.41) is 3.20. The largest absolute Gasteiger partial charge is 0.416 e. The topological polar surface area (TPSA) is 15.3 Å². The standard InChI is InChI=1S/C17H24F4N2/c1-13(12-23-8-4-2-3-5-9-23)22-11-14-6-7-15(10-16(14)18)17(19,20)21/h6-7,10,13,22H,2-5,8-9,11-12H2,1H3. The SMILES string of the molecule is CC(CN1CCCCCC1)NCc1ccc(C(F)(F)F)cc1F. The molecule has 6 heteroatoms. The zero-order chi connectivity index (χ0) is 16.9. The summed E-state index contributed by atoms with van der Waals surface area (Å²) < 4.78 is 51.4. The van der Waals surface area contributed by atoms with Crippen molar-refractivity contribution in [2.75, 3.05) is 19.6 Å². The third-order valence-corrected chi connectivity index (χ3v) is 4.25. The van der Waals surface area contributed by atoms with Crippen LogP contribution >= 0.6 is 0 Å². The zero-order valence-corrected chi connectivity index (χ0v) is 13.4. The highest BCUT2D eigenvalue weighted by molar-refractivity contribution is 5.26. The van der Waals surface area contributed by atoms with Gasteiger partial charge in [-0.25, -0.2) is 4.39 Å². The molecule has 1 fully saturated rings. The van der Waals surface area contributed by atoms with Gasteiger partial charge in [0.25, 0.3) is 0 Å². The molecular formula is C17H24F4N2.